The molecule has 3 aromatic rings. The number of rotatable bonds is 5. The Bertz CT molecular complexity index is 957. The molecule has 0 unspecified atom stereocenters. The molecule has 5 nitrogen and oxygen atoms in total. The molecule has 146 valence electrons. The second kappa shape index (κ2) is 7.92. The Hall–Kier alpha value is -3.02. The van der Waals surface area contributed by atoms with Crippen molar-refractivity contribution in [1.29, 1.82) is 0 Å². The molecular weight excluding hydrogens is 359 g/mol. The fourth-order valence-electron chi connectivity index (χ4n) is 3.87. The summed E-state index contributed by atoms with van der Waals surface area (Å²) in [5, 5.41) is 1.03. The first kappa shape index (κ1) is 18.3. The van der Waals surface area contributed by atoms with Gasteiger partial charge in [-0.05, 0) is 18.1 Å². The molecule has 0 aliphatic carbocycles. The number of hydrogen-bond donors (Lipinski definition) is 1. The Morgan fingerprint density at radius 1 is 1.18 bits per heavy atom. The molecule has 28 heavy (non-hydrogen) atoms. The average Bonchev–Trinajstić information content (AvgIpc) is 3.27. The number of likely N-dealkylation sites (tertiary alicyclic amines) is 1. The largest absolute Gasteiger partial charge is 0.482 e. The van der Waals surface area contributed by atoms with Crippen LogP contribution >= 0.6 is 0 Å². The summed E-state index contributed by atoms with van der Waals surface area (Å²) in [7, 11) is 1.60. The van der Waals surface area contributed by atoms with Crippen LogP contribution in [0.3, 0.4) is 0 Å². The van der Waals surface area contributed by atoms with E-state index in [-0.39, 0.29) is 19.2 Å². The molecule has 1 N–H and O–H groups in total. The summed E-state index contributed by atoms with van der Waals surface area (Å²) in [6.07, 6.45) is -0.727. The number of H-pyrrole nitrogens is 1. The minimum absolute atomic E-state index is 0.0585. The number of alkyl halides is 1. The molecule has 6 heteroatoms. The van der Waals surface area contributed by atoms with Gasteiger partial charge in [0, 0.05) is 28.9 Å². The number of ether oxygens (including phenoxy) is 2. The molecule has 0 spiro atoms. The van der Waals surface area contributed by atoms with Crippen molar-refractivity contribution >= 4 is 17.0 Å². The molecular formula is C22H23FN2O3. The second-order valence-corrected chi connectivity index (χ2v) is 7.07. The van der Waals surface area contributed by atoms with E-state index < -0.39 is 12.3 Å². The first-order valence-corrected chi connectivity index (χ1v) is 9.40. The fourth-order valence-corrected chi connectivity index (χ4v) is 3.87. The van der Waals surface area contributed by atoms with Crippen LogP contribution in [0.2, 0.25) is 0 Å². The number of methoxy groups -OCH3 is 1. The van der Waals surface area contributed by atoms with Crippen LogP contribution in [-0.4, -0.2) is 41.8 Å². The van der Waals surface area contributed by atoms with Crippen molar-refractivity contribution in [2.75, 3.05) is 13.7 Å². The van der Waals surface area contributed by atoms with Gasteiger partial charge in [-0.2, -0.15) is 0 Å². The SMILES string of the molecule is COc1[nH]c2ccccc2c1C[C@@H]1C[C@H](F)CN1C(=O)OCc1ccccc1. The third-order valence-electron chi connectivity index (χ3n) is 5.22. The van der Waals surface area contributed by atoms with E-state index in [0.717, 1.165) is 22.0 Å². The van der Waals surface area contributed by atoms with E-state index in [4.69, 9.17) is 9.47 Å². The van der Waals surface area contributed by atoms with Gasteiger partial charge in [-0.1, -0.05) is 48.5 Å². The predicted molar refractivity (Wildman–Crippen MR) is 105 cm³/mol. The van der Waals surface area contributed by atoms with E-state index in [2.05, 4.69) is 4.98 Å². The highest BCUT2D eigenvalue weighted by Gasteiger charge is 2.37. The predicted octanol–water partition coefficient (Wildman–Crippen LogP) is 4.47. The number of amides is 1. The number of fused-ring (bicyclic) bond motifs is 1. The molecule has 2 aromatic carbocycles. The summed E-state index contributed by atoms with van der Waals surface area (Å²) in [5.74, 6) is 0.654. The number of hydrogen-bond acceptors (Lipinski definition) is 3. The number of carbonyl (C=O) groups excluding carboxylic acids is 1. The highest BCUT2D eigenvalue weighted by Crippen LogP contribution is 2.33. The van der Waals surface area contributed by atoms with Gasteiger partial charge in [0.25, 0.3) is 0 Å². The number of halogens is 1. The summed E-state index contributed by atoms with van der Waals surface area (Å²) in [6.45, 7) is 0.235. The smallest absolute Gasteiger partial charge is 0.410 e. The van der Waals surface area contributed by atoms with Gasteiger partial charge >= 0.3 is 6.09 Å². The number of aromatic nitrogens is 1. The Labute approximate surface area is 163 Å². The van der Waals surface area contributed by atoms with E-state index in [9.17, 15) is 9.18 Å². The van der Waals surface area contributed by atoms with E-state index in [0.29, 0.717) is 18.7 Å². The number of para-hydroxylation sites is 1. The maximum atomic E-state index is 14.2. The average molecular weight is 382 g/mol. The molecule has 0 bridgehead atoms. The lowest BCUT2D eigenvalue weighted by Crippen LogP contribution is -2.37. The van der Waals surface area contributed by atoms with Crippen LogP contribution in [0.4, 0.5) is 9.18 Å². The highest BCUT2D eigenvalue weighted by molar-refractivity contribution is 5.86. The van der Waals surface area contributed by atoms with Gasteiger partial charge in [0.05, 0.1) is 13.7 Å². The van der Waals surface area contributed by atoms with Crippen molar-refractivity contribution < 1.29 is 18.7 Å². The first-order valence-electron chi connectivity index (χ1n) is 9.40. The zero-order valence-electron chi connectivity index (χ0n) is 15.7. The maximum absolute atomic E-state index is 14.2. The van der Waals surface area contributed by atoms with Crippen LogP contribution in [-0.2, 0) is 17.8 Å². The second-order valence-electron chi connectivity index (χ2n) is 7.07. The third-order valence-corrected chi connectivity index (χ3v) is 5.22. The van der Waals surface area contributed by atoms with Crippen molar-refractivity contribution in [3.8, 4) is 5.88 Å². The van der Waals surface area contributed by atoms with Gasteiger partial charge in [-0.15, -0.1) is 0 Å². The summed E-state index contributed by atoms with van der Waals surface area (Å²) in [4.78, 5) is 17.4. The molecule has 1 aromatic heterocycles. The summed E-state index contributed by atoms with van der Waals surface area (Å²) in [6, 6.07) is 17.1. The number of aromatic amines is 1. The normalized spacial score (nSPS) is 19.1. The fraction of sp³-hybridized carbons (Fsp3) is 0.318. The van der Waals surface area contributed by atoms with E-state index in [1.165, 1.54) is 4.90 Å². The highest BCUT2D eigenvalue weighted by atomic mass is 19.1. The van der Waals surface area contributed by atoms with Gasteiger partial charge in [-0.3, -0.25) is 0 Å². The minimum Gasteiger partial charge on any atom is -0.482 e. The van der Waals surface area contributed by atoms with Crippen LogP contribution in [0.25, 0.3) is 10.9 Å². The van der Waals surface area contributed by atoms with Crippen LogP contribution in [0, 0.1) is 0 Å². The molecule has 1 aliphatic heterocycles. The summed E-state index contributed by atoms with van der Waals surface area (Å²) >= 11 is 0. The molecule has 1 aliphatic rings. The Balaban J connectivity index is 1.51. The van der Waals surface area contributed by atoms with Crippen LogP contribution in [0.1, 0.15) is 17.5 Å². The standard InChI is InChI=1S/C22H23FN2O3/c1-27-21-19(18-9-5-6-10-20(18)24-21)12-17-11-16(23)13-25(17)22(26)28-14-15-7-3-2-4-8-15/h2-10,16-17,24H,11-14H2,1H3/t16-,17-/m0/s1. The van der Waals surface area contributed by atoms with Crippen LogP contribution in [0.15, 0.2) is 54.6 Å². The zero-order chi connectivity index (χ0) is 19.5. The lowest BCUT2D eigenvalue weighted by molar-refractivity contribution is 0.0905. The van der Waals surface area contributed by atoms with Crippen LogP contribution in [0.5, 0.6) is 5.88 Å². The van der Waals surface area contributed by atoms with Gasteiger partial charge in [-0.25, -0.2) is 9.18 Å². The Morgan fingerprint density at radius 2 is 1.93 bits per heavy atom. The molecule has 4 rings (SSSR count). The molecule has 2 heterocycles. The zero-order valence-corrected chi connectivity index (χ0v) is 15.7. The summed E-state index contributed by atoms with van der Waals surface area (Å²) < 4.78 is 25.1. The van der Waals surface area contributed by atoms with Crippen molar-refractivity contribution in [1.82, 2.24) is 9.88 Å². The number of benzene rings is 2. The number of nitrogens with zero attached hydrogens (tertiary/aromatic N) is 1. The van der Waals surface area contributed by atoms with E-state index in [1.54, 1.807) is 7.11 Å². The molecule has 1 saturated heterocycles. The van der Waals surface area contributed by atoms with E-state index in [1.807, 2.05) is 54.6 Å². The Kier molecular flexibility index (Phi) is 5.19. The molecule has 0 radical (unpaired) electrons. The third kappa shape index (κ3) is 3.67. The van der Waals surface area contributed by atoms with Crippen LogP contribution < -0.4 is 4.74 Å². The lowest BCUT2D eigenvalue weighted by Gasteiger charge is -2.24. The van der Waals surface area contributed by atoms with Gasteiger partial charge in [0.2, 0.25) is 0 Å². The minimum atomic E-state index is -1.05. The maximum Gasteiger partial charge on any atom is 0.410 e. The number of carbonyl (C=O) groups is 1. The molecule has 0 saturated carbocycles. The quantitative estimate of drug-likeness (QED) is 0.708. The number of nitrogens with one attached hydrogen (secondary N) is 1. The molecule has 2 atom stereocenters. The van der Waals surface area contributed by atoms with Gasteiger partial charge < -0.3 is 19.4 Å². The first-order chi connectivity index (χ1) is 13.7. The van der Waals surface area contributed by atoms with Gasteiger partial charge in [0.1, 0.15) is 12.8 Å². The molecule has 1 amide bonds. The molecule has 1 fully saturated rings. The van der Waals surface area contributed by atoms with Crippen molar-refractivity contribution in [3.63, 3.8) is 0 Å². The lowest BCUT2D eigenvalue weighted by atomic mass is 10.0. The van der Waals surface area contributed by atoms with Crippen molar-refractivity contribution in [3.05, 3.63) is 65.7 Å². The van der Waals surface area contributed by atoms with E-state index >= 15 is 0 Å². The Morgan fingerprint density at radius 3 is 2.71 bits per heavy atom. The topological polar surface area (TPSA) is 54.6 Å². The monoisotopic (exact) mass is 382 g/mol. The summed E-state index contributed by atoms with van der Waals surface area (Å²) in [5.41, 5.74) is 2.82. The van der Waals surface area contributed by atoms with Crippen molar-refractivity contribution in [2.24, 2.45) is 0 Å². The van der Waals surface area contributed by atoms with Gasteiger partial charge in [0.15, 0.2) is 5.88 Å². The van der Waals surface area contributed by atoms with Crippen molar-refractivity contribution in [2.45, 2.75) is 31.7 Å².